The number of nitrogens with zero attached hydrogens (tertiary/aromatic N) is 2. The third-order valence-corrected chi connectivity index (χ3v) is 5.14. The lowest BCUT2D eigenvalue weighted by Crippen LogP contribution is -2.49. The SMILES string of the molecule is CCCOc1ccc(NC(=O)CC2C(=O)N(C)C(=S)N2NC(=O)c2ccccc2)cc1. The van der Waals surface area contributed by atoms with Crippen LogP contribution in [0.4, 0.5) is 5.69 Å². The number of anilines is 1. The van der Waals surface area contributed by atoms with Gasteiger partial charge in [-0.1, -0.05) is 25.1 Å². The van der Waals surface area contributed by atoms with Gasteiger partial charge in [-0.3, -0.25) is 24.7 Å². The van der Waals surface area contributed by atoms with E-state index in [1.165, 1.54) is 17.0 Å². The first-order valence-corrected chi connectivity index (χ1v) is 10.3. The average molecular weight is 441 g/mol. The first-order chi connectivity index (χ1) is 14.9. The molecule has 0 bridgehead atoms. The maximum absolute atomic E-state index is 12.6. The zero-order chi connectivity index (χ0) is 22.4. The molecule has 3 amide bonds. The molecule has 31 heavy (non-hydrogen) atoms. The summed E-state index contributed by atoms with van der Waals surface area (Å²) in [6.07, 6.45) is 0.730. The van der Waals surface area contributed by atoms with Gasteiger partial charge < -0.3 is 10.1 Å². The highest BCUT2D eigenvalue weighted by Gasteiger charge is 2.42. The molecular weight excluding hydrogens is 416 g/mol. The summed E-state index contributed by atoms with van der Waals surface area (Å²) in [6.45, 7) is 2.64. The van der Waals surface area contributed by atoms with E-state index in [0.717, 1.165) is 6.42 Å². The van der Waals surface area contributed by atoms with Gasteiger partial charge in [0, 0.05) is 18.3 Å². The predicted molar refractivity (Wildman–Crippen MR) is 120 cm³/mol. The highest BCUT2D eigenvalue weighted by molar-refractivity contribution is 7.80. The van der Waals surface area contributed by atoms with E-state index >= 15 is 0 Å². The van der Waals surface area contributed by atoms with Crippen molar-refractivity contribution in [2.45, 2.75) is 25.8 Å². The number of thiocarbonyl (C=S) groups is 1. The molecule has 8 nitrogen and oxygen atoms in total. The summed E-state index contributed by atoms with van der Waals surface area (Å²) in [6, 6.07) is 14.6. The van der Waals surface area contributed by atoms with Crippen molar-refractivity contribution in [2.75, 3.05) is 19.0 Å². The Morgan fingerprint density at radius 1 is 1.10 bits per heavy atom. The van der Waals surface area contributed by atoms with Gasteiger partial charge in [0.05, 0.1) is 13.0 Å². The van der Waals surface area contributed by atoms with Crippen LogP contribution in [0.2, 0.25) is 0 Å². The molecule has 1 fully saturated rings. The summed E-state index contributed by atoms with van der Waals surface area (Å²) in [5.41, 5.74) is 3.64. The molecule has 162 valence electrons. The van der Waals surface area contributed by atoms with Gasteiger partial charge in [-0.15, -0.1) is 0 Å². The van der Waals surface area contributed by atoms with Gasteiger partial charge in [0.15, 0.2) is 5.11 Å². The largest absolute Gasteiger partial charge is 0.494 e. The van der Waals surface area contributed by atoms with Crippen LogP contribution in [-0.2, 0) is 9.59 Å². The van der Waals surface area contributed by atoms with Crippen molar-refractivity contribution in [1.29, 1.82) is 0 Å². The Balaban J connectivity index is 1.65. The molecule has 3 rings (SSSR count). The highest BCUT2D eigenvalue weighted by Crippen LogP contribution is 2.20. The summed E-state index contributed by atoms with van der Waals surface area (Å²) in [7, 11) is 1.51. The van der Waals surface area contributed by atoms with E-state index in [0.29, 0.717) is 23.6 Å². The van der Waals surface area contributed by atoms with Gasteiger partial charge in [0.1, 0.15) is 11.8 Å². The molecule has 1 atom stereocenters. The number of hydrogen-bond acceptors (Lipinski definition) is 5. The van der Waals surface area contributed by atoms with Crippen LogP contribution in [0, 0.1) is 0 Å². The second kappa shape index (κ2) is 10.0. The fraction of sp³-hybridized carbons (Fsp3) is 0.273. The van der Waals surface area contributed by atoms with Crippen molar-refractivity contribution in [3.05, 3.63) is 60.2 Å². The molecule has 9 heteroatoms. The smallest absolute Gasteiger partial charge is 0.269 e. The number of hydrazine groups is 1. The molecule has 1 aliphatic rings. The second-order valence-electron chi connectivity index (χ2n) is 7.00. The highest BCUT2D eigenvalue weighted by atomic mass is 32.1. The summed E-state index contributed by atoms with van der Waals surface area (Å²) in [5.74, 6) is -0.443. The summed E-state index contributed by atoms with van der Waals surface area (Å²) in [5, 5.41) is 4.16. The van der Waals surface area contributed by atoms with Crippen LogP contribution in [0.15, 0.2) is 54.6 Å². The van der Waals surface area contributed by atoms with Gasteiger partial charge in [-0.2, -0.15) is 0 Å². The standard InChI is InChI=1S/C22H24N4O4S/c1-3-13-30-17-11-9-16(10-12-17)23-19(27)14-18-21(29)25(2)22(31)26(18)24-20(28)15-7-5-4-6-8-15/h4-12,18H,3,13-14H2,1-2H3,(H,23,27)(H,24,28). The number of hydrogen-bond donors (Lipinski definition) is 2. The average Bonchev–Trinajstić information content (AvgIpc) is 2.97. The molecule has 1 saturated heterocycles. The molecule has 0 saturated carbocycles. The molecule has 1 heterocycles. The van der Waals surface area contributed by atoms with E-state index in [4.69, 9.17) is 17.0 Å². The first kappa shape index (κ1) is 22.2. The minimum absolute atomic E-state index is 0.129. The summed E-state index contributed by atoms with van der Waals surface area (Å²) < 4.78 is 5.52. The Morgan fingerprint density at radius 2 is 1.77 bits per heavy atom. The third kappa shape index (κ3) is 5.37. The van der Waals surface area contributed by atoms with E-state index in [9.17, 15) is 14.4 Å². The molecule has 2 N–H and O–H groups in total. The van der Waals surface area contributed by atoms with Gasteiger partial charge in [-0.25, -0.2) is 5.01 Å². The van der Waals surface area contributed by atoms with Gasteiger partial charge in [0.25, 0.3) is 11.8 Å². The topological polar surface area (TPSA) is 91.0 Å². The quantitative estimate of drug-likeness (QED) is 0.613. The van der Waals surface area contributed by atoms with Gasteiger partial charge in [-0.05, 0) is 55.0 Å². The van der Waals surface area contributed by atoms with Crippen LogP contribution in [0.1, 0.15) is 30.1 Å². The van der Waals surface area contributed by atoms with Crippen molar-refractivity contribution in [2.24, 2.45) is 0 Å². The van der Waals surface area contributed by atoms with Crippen molar-refractivity contribution in [3.63, 3.8) is 0 Å². The minimum atomic E-state index is -0.933. The number of amides is 3. The van der Waals surface area contributed by atoms with E-state index < -0.39 is 11.9 Å². The lowest BCUT2D eigenvalue weighted by molar-refractivity contribution is -0.130. The fourth-order valence-electron chi connectivity index (χ4n) is 3.03. The third-order valence-electron chi connectivity index (χ3n) is 4.67. The monoisotopic (exact) mass is 440 g/mol. The van der Waals surface area contributed by atoms with Crippen molar-refractivity contribution in [3.8, 4) is 5.75 Å². The molecule has 1 unspecified atom stereocenters. The molecular formula is C22H24N4O4S. The van der Waals surface area contributed by atoms with Gasteiger partial charge >= 0.3 is 0 Å². The number of rotatable bonds is 8. The van der Waals surface area contributed by atoms with Crippen molar-refractivity contribution < 1.29 is 19.1 Å². The van der Waals surface area contributed by atoms with Crippen LogP contribution in [0.3, 0.4) is 0 Å². The van der Waals surface area contributed by atoms with Crippen LogP contribution < -0.4 is 15.5 Å². The summed E-state index contributed by atoms with van der Waals surface area (Å²) >= 11 is 5.29. The van der Waals surface area contributed by atoms with Crippen LogP contribution in [-0.4, -0.2) is 52.4 Å². The van der Waals surface area contributed by atoms with E-state index in [-0.39, 0.29) is 23.3 Å². The molecule has 2 aromatic carbocycles. The number of benzene rings is 2. The number of likely N-dealkylation sites (N-methyl/N-ethyl adjacent to an activating group) is 1. The lowest BCUT2D eigenvalue weighted by atomic mass is 10.2. The summed E-state index contributed by atoms with van der Waals surface area (Å²) in [4.78, 5) is 39.0. The Hall–Kier alpha value is -3.46. The molecule has 0 spiro atoms. The number of nitrogens with one attached hydrogen (secondary N) is 2. The maximum Gasteiger partial charge on any atom is 0.269 e. The zero-order valence-electron chi connectivity index (χ0n) is 17.3. The molecule has 0 aromatic heterocycles. The number of ether oxygens (including phenoxy) is 1. The molecule has 0 radical (unpaired) electrons. The number of carbonyl (C=O) groups is 3. The van der Waals surface area contributed by atoms with E-state index in [1.807, 2.05) is 6.92 Å². The normalized spacial score (nSPS) is 15.7. The van der Waals surface area contributed by atoms with Crippen molar-refractivity contribution >= 4 is 40.7 Å². The Kier molecular flexibility index (Phi) is 7.19. The van der Waals surface area contributed by atoms with Crippen LogP contribution >= 0.6 is 12.2 Å². The van der Waals surface area contributed by atoms with E-state index in [2.05, 4.69) is 10.7 Å². The van der Waals surface area contributed by atoms with Gasteiger partial charge in [0.2, 0.25) is 5.91 Å². The zero-order valence-corrected chi connectivity index (χ0v) is 18.1. The Morgan fingerprint density at radius 3 is 2.42 bits per heavy atom. The van der Waals surface area contributed by atoms with Crippen molar-refractivity contribution in [1.82, 2.24) is 15.3 Å². The number of carbonyl (C=O) groups excluding carboxylic acids is 3. The second-order valence-corrected chi connectivity index (χ2v) is 7.36. The fourth-order valence-corrected chi connectivity index (χ4v) is 3.30. The Bertz CT molecular complexity index is 965. The van der Waals surface area contributed by atoms with E-state index in [1.54, 1.807) is 54.6 Å². The molecule has 2 aromatic rings. The van der Waals surface area contributed by atoms with Crippen LogP contribution in [0.25, 0.3) is 0 Å². The molecule has 1 aliphatic heterocycles. The maximum atomic E-state index is 12.6. The first-order valence-electron chi connectivity index (χ1n) is 9.90. The molecule has 0 aliphatic carbocycles. The lowest BCUT2D eigenvalue weighted by Gasteiger charge is -2.24. The van der Waals surface area contributed by atoms with Crippen LogP contribution in [0.5, 0.6) is 5.75 Å². The predicted octanol–water partition coefficient (Wildman–Crippen LogP) is 2.58. The minimum Gasteiger partial charge on any atom is -0.494 e. The Labute approximate surface area is 186 Å².